The smallest absolute Gasteiger partial charge is 0.257 e. The molecule has 1 aromatic heterocycles. The molecule has 1 fully saturated rings. The van der Waals surface area contributed by atoms with Crippen molar-refractivity contribution in [3.8, 4) is 0 Å². The van der Waals surface area contributed by atoms with Crippen molar-refractivity contribution in [1.82, 2.24) is 4.98 Å². The fourth-order valence-electron chi connectivity index (χ4n) is 2.47. The van der Waals surface area contributed by atoms with Crippen molar-refractivity contribution in [3.63, 3.8) is 0 Å². The summed E-state index contributed by atoms with van der Waals surface area (Å²) in [6.45, 7) is 1.95. The number of carbonyl (C=O) groups excluding carboxylic acids is 1. The van der Waals surface area contributed by atoms with E-state index in [1.54, 1.807) is 30.5 Å². The van der Waals surface area contributed by atoms with Gasteiger partial charge in [-0.15, -0.1) is 0 Å². The zero-order valence-corrected chi connectivity index (χ0v) is 11.6. The van der Waals surface area contributed by atoms with Crippen molar-refractivity contribution in [2.45, 2.75) is 12.8 Å². The van der Waals surface area contributed by atoms with Crippen LogP contribution in [0.25, 0.3) is 0 Å². The molecule has 1 aliphatic heterocycles. The van der Waals surface area contributed by atoms with E-state index in [9.17, 15) is 9.18 Å². The Kier molecular flexibility index (Phi) is 3.81. The molecule has 5 heteroatoms. The number of amides is 1. The Labute approximate surface area is 122 Å². The number of rotatable bonds is 3. The first-order valence-corrected chi connectivity index (χ1v) is 7.00. The molecule has 1 N–H and O–H groups in total. The van der Waals surface area contributed by atoms with Gasteiger partial charge < -0.3 is 10.2 Å². The van der Waals surface area contributed by atoms with Gasteiger partial charge >= 0.3 is 0 Å². The molecule has 3 rings (SSSR count). The van der Waals surface area contributed by atoms with Crippen molar-refractivity contribution >= 4 is 17.3 Å². The van der Waals surface area contributed by atoms with Crippen LogP contribution in [0.5, 0.6) is 0 Å². The number of pyridine rings is 1. The molecule has 4 nitrogen and oxygen atoms in total. The van der Waals surface area contributed by atoms with Crippen LogP contribution in [0.3, 0.4) is 0 Å². The molecule has 0 unspecified atom stereocenters. The van der Waals surface area contributed by atoms with Gasteiger partial charge in [0, 0.05) is 31.2 Å². The lowest BCUT2D eigenvalue weighted by Gasteiger charge is -2.18. The van der Waals surface area contributed by atoms with Crippen LogP contribution in [0, 0.1) is 5.82 Å². The van der Waals surface area contributed by atoms with E-state index in [1.165, 1.54) is 12.3 Å². The van der Waals surface area contributed by atoms with E-state index in [-0.39, 0.29) is 11.6 Å². The van der Waals surface area contributed by atoms with Crippen LogP contribution >= 0.6 is 0 Å². The SMILES string of the molecule is O=C(Nc1cc(N2CCCC2)ccc1F)c1cccnc1. The first kappa shape index (κ1) is 13.5. The van der Waals surface area contributed by atoms with Crippen LogP contribution in [-0.4, -0.2) is 24.0 Å². The predicted molar refractivity (Wildman–Crippen MR) is 80.0 cm³/mol. The molecular formula is C16H16FN3O. The number of carbonyl (C=O) groups is 1. The van der Waals surface area contributed by atoms with Gasteiger partial charge in [0.1, 0.15) is 5.82 Å². The minimum absolute atomic E-state index is 0.202. The summed E-state index contributed by atoms with van der Waals surface area (Å²) < 4.78 is 13.9. The normalized spacial score (nSPS) is 14.2. The second kappa shape index (κ2) is 5.91. The van der Waals surface area contributed by atoms with Crippen LogP contribution in [0.2, 0.25) is 0 Å². The maximum Gasteiger partial charge on any atom is 0.257 e. The lowest BCUT2D eigenvalue weighted by molar-refractivity contribution is 0.102. The van der Waals surface area contributed by atoms with E-state index in [0.717, 1.165) is 31.6 Å². The van der Waals surface area contributed by atoms with Gasteiger partial charge in [-0.2, -0.15) is 0 Å². The molecule has 0 bridgehead atoms. The molecule has 0 spiro atoms. The molecule has 2 heterocycles. The minimum atomic E-state index is -0.435. The van der Waals surface area contributed by atoms with Crippen molar-refractivity contribution in [2.24, 2.45) is 0 Å². The van der Waals surface area contributed by atoms with Gasteiger partial charge in [0.05, 0.1) is 11.3 Å². The summed E-state index contributed by atoms with van der Waals surface area (Å²) in [5.41, 5.74) is 1.55. The third kappa shape index (κ3) is 3.02. The molecule has 1 aliphatic rings. The zero-order chi connectivity index (χ0) is 14.7. The predicted octanol–water partition coefficient (Wildman–Crippen LogP) is 3.07. The van der Waals surface area contributed by atoms with Gasteiger partial charge in [-0.1, -0.05) is 0 Å². The van der Waals surface area contributed by atoms with E-state index in [1.807, 2.05) is 0 Å². The molecule has 21 heavy (non-hydrogen) atoms. The molecule has 1 saturated heterocycles. The number of halogens is 1. The number of hydrogen-bond donors (Lipinski definition) is 1. The molecule has 1 amide bonds. The summed E-state index contributed by atoms with van der Waals surface area (Å²) >= 11 is 0. The fraction of sp³-hybridized carbons (Fsp3) is 0.250. The molecule has 0 atom stereocenters. The van der Waals surface area contributed by atoms with Gasteiger partial charge in [-0.25, -0.2) is 4.39 Å². The maximum absolute atomic E-state index is 13.9. The van der Waals surface area contributed by atoms with Crippen molar-refractivity contribution in [1.29, 1.82) is 0 Å². The highest BCUT2D eigenvalue weighted by Gasteiger charge is 2.15. The van der Waals surface area contributed by atoms with Crippen LogP contribution in [0.1, 0.15) is 23.2 Å². The van der Waals surface area contributed by atoms with Gasteiger partial charge in [0.2, 0.25) is 0 Å². The average Bonchev–Trinajstić information content (AvgIpc) is 3.04. The summed E-state index contributed by atoms with van der Waals surface area (Å²) in [6.07, 6.45) is 5.34. The second-order valence-electron chi connectivity index (χ2n) is 5.05. The van der Waals surface area contributed by atoms with Gasteiger partial charge in [0.15, 0.2) is 0 Å². The van der Waals surface area contributed by atoms with Crippen molar-refractivity contribution in [2.75, 3.05) is 23.3 Å². The average molecular weight is 285 g/mol. The molecular weight excluding hydrogens is 269 g/mol. The molecule has 0 saturated carbocycles. The first-order chi connectivity index (χ1) is 10.2. The Morgan fingerprint density at radius 1 is 1.24 bits per heavy atom. The quantitative estimate of drug-likeness (QED) is 0.942. The highest BCUT2D eigenvalue weighted by Crippen LogP contribution is 2.26. The van der Waals surface area contributed by atoms with E-state index in [2.05, 4.69) is 15.2 Å². The number of nitrogens with zero attached hydrogens (tertiary/aromatic N) is 2. The third-order valence-corrected chi connectivity index (χ3v) is 3.59. The van der Waals surface area contributed by atoms with Crippen LogP contribution < -0.4 is 10.2 Å². The monoisotopic (exact) mass is 285 g/mol. The Morgan fingerprint density at radius 2 is 2.05 bits per heavy atom. The summed E-state index contributed by atoms with van der Waals surface area (Å²) in [4.78, 5) is 18.1. The minimum Gasteiger partial charge on any atom is -0.371 e. The molecule has 1 aromatic carbocycles. The summed E-state index contributed by atoms with van der Waals surface area (Å²) in [5.74, 6) is -0.796. The lowest BCUT2D eigenvalue weighted by atomic mass is 10.2. The Bertz CT molecular complexity index is 639. The number of aromatic nitrogens is 1. The fourth-order valence-corrected chi connectivity index (χ4v) is 2.47. The van der Waals surface area contributed by atoms with Gasteiger partial charge in [-0.05, 0) is 43.2 Å². The van der Waals surface area contributed by atoms with Crippen LogP contribution in [0.4, 0.5) is 15.8 Å². The number of benzene rings is 1. The highest BCUT2D eigenvalue weighted by atomic mass is 19.1. The maximum atomic E-state index is 13.9. The van der Waals surface area contributed by atoms with Crippen molar-refractivity contribution < 1.29 is 9.18 Å². The molecule has 2 aromatic rings. The number of anilines is 2. The topological polar surface area (TPSA) is 45.2 Å². The summed E-state index contributed by atoms with van der Waals surface area (Å²) in [6, 6.07) is 8.15. The Balaban J connectivity index is 1.81. The number of hydrogen-bond acceptors (Lipinski definition) is 3. The lowest BCUT2D eigenvalue weighted by Crippen LogP contribution is -2.18. The summed E-state index contributed by atoms with van der Waals surface area (Å²) in [7, 11) is 0. The molecule has 0 aliphatic carbocycles. The Hall–Kier alpha value is -2.43. The molecule has 108 valence electrons. The second-order valence-corrected chi connectivity index (χ2v) is 5.05. The van der Waals surface area contributed by atoms with Crippen LogP contribution in [0.15, 0.2) is 42.7 Å². The standard InChI is InChI=1S/C16H16FN3O/c17-14-6-5-13(20-8-1-2-9-20)10-15(14)19-16(21)12-4-3-7-18-11-12/h3-7,10-11H,1-2,8-9H2,(H,19,21). The van der Waals surface area contributed by atoms with E-state index >= 15 is 0 Å². The largest absolute Gasteiger partial charge is 0.371 e. The van der Waals surface area contributed by atoms with Gasteiger partial charge in [-0.3, -0.25) is 9.78 Å². The van der Waals surface area contributed by atoms with Gasteiger partial charge in [0.25, 0.3) is 5.91 Å². The Morgan fingerprint density at radius 3 is 2.76 bits per heavy atom. The first-order valence-electron chi connectivity index (χ1n) is 7.00. The summed E-state index contributed by atoms with van der Waals surface area (Å²) in [5, 5.41) is 2.61. The van der Waals surface area contributed by atoms with Crippen LogP contribution in [-0.2, 0) is 0 Å². The number of nitrogens with one attached hydrogen (secondary N) is 1. The zero-order valence-electron chi connectivity index (χ0n) is 11.6. The van der Waals surface area contributed by atoms with E-state index in [0.29, 0.717) is 5.56 Å². The van der Waals surface area contributed by atoms with E-state index in [4.69, 9.17) is 0 Å². The third-order valence-electron chi connectivity index (χ3n) is 3.59. The van der Waals surface area contributed by atoms with Crippen molar-refractivity contribution in [3.05, 3.63) is 54.1 Å². The highest BCUT2D eigenvalue weighted by molar-refractivity contribution is 6.04. The molecule has 0 radical (unpaired) electrons. The van der Waals surface area contributed by atoms with E-state index < -0.39 is 5.82 Å².